The third kappa shape index (κ3) is 6.08. The van der Waals surface area contributed by atoms with E-state index in [4.69, 9.17) is 18.9 Å². The second kappa shape index (κ2) is 12.0. The summed E-state index contributed by atoms with van der Waals surface area (Å²) in [6.45, 7) is 6.87. The molecular weight excluding hydrogens is 382 g/mol. The van der Waals surface area contributed by atoms with Gasteiger partial charge >= 0.3 is 6.09 Å². The van der Waals surface area contributed by atoms with E-state index in [0.29, 0.717) is 52.6 Å². The molecule has 1 aliphatic rings. The summed E-state index contributed by atoms with van der Waals surface area (Å²) in [7, 11) is 0. The van der Waals surface area contributed by atoms with Crippen LogP contribution in [0.5, 0.6) is 0 Å². The van der Waals surface area contributed by atoms with E-state index in [9.17, 15) is 4.79 Å². The molecule has 6 nitrogen and oxygen atoms in total. The predicted octanol–water partition coefficient (Wildman–Crippen LogP) is 4.11. The van der Waals surface area contributed by atoms with Crippen LogP contribution in [0.25, 0.3) is 11.1 Å². The van der Waals surface area contributed by atoms with Crippen molar-refractivity contribution < 1.29 is 23.7 Å². The number of carbonyl (C=O) groups excluding carboxylic acids is 1. The topological polar surface area (TPSA) is 66.0 Å². The van der Waals surface area contributed by atoms with Gasteiger partial charge in [-0.25, -0.2) is 4.79 Å². The Morgan fingerprint density at radius 2 is 1.50 bits per heavy atom. The van der Waals surface area contributed by atoms with Crippen LogP contribution in [0.4, 0.5) is 4.79 Å². The summed E-state index contributed by atoms with van der Waals surface area (Å²) >= 11 is 0. The SMILES string of the molecule is C=COCCOCCOCCCNC(=O)OCC1c2ccccc2-c2ccccc21. The molecule has 2 aromatic carbocycles. The Kier molecular flexibility index (Phi) is 8.75. The van der Waals surface area contributed by atoms with Crippen LogP contribution in [-0.2, 0) is 18.9 Å². The summed E-state index contributed by atoms with van der Waals surface area (Å²) in [6, 6.07) is 16.6. The minimum absolute atomic E-state index is 0.0726. The number of hydrogen-bond donors (Lipinski definition) is 1. The Hall–Kier alpha value is -2.83. The van der Waals surface area contributed by atoms with Crippen LogP contribution in [0.2, 0.25) is 0 Å². The Morgan fingerprint density at radius 3 is 2.17 bits per heavy atom. The quantitative estimate of drug-likeness (QED) is 0.397. The van der Waals surface area contributed by atoms with Gasteiger partial charge in [0.05, 0.1) is 26.1 Å². The molecule has 30 heavy (non-hydrogen) atoms. The lowest BCUT2D eigenvalue weighted by Crippen LogP contribution is -2.27. The first-order valence-electron chi connectivity index (χ1n) is 10.3. The lowest BCUT2D eigenvalue weighted by atomic mass is 9.98. The van der Waals surface area contributed by atoms with E-state index in [-0.39, 0.29) is 5.92 Å². The van der Waals surface area contributed by atoms with E-state index in [1.165, 1.54) is 28.5 Å². The first-order valence-corrected chi connectivity index (χ1v) is 10.3. The summed E-state index contributed by atoms with van der Waals surface area (Å²) in [5.41, 5.74) is 4.85. The van der Waals surface area contributed by atoms with Crippen LogP contribution < -0.4 is 5.32 Å². The van der Waals surface area contributed by atoms with Gasteiger partial charge in [0.2, 0.25) is 0 Å². The molecule has 1 N–H and O–H groups in total. The number of amides is 1. The van der Waals surface area contributed by atoms with Crippen molar-refractivity contribution in [2.75, 3.05) is 46.2 Å². The fourth-order valence-corrected chi connectivity index (χ4v) is 3.53. The third-order valence-electron chi connectivity index (χ3n) is 4.91. The van der Waals surface area contributed by atoms with Crippen molar-refractivity contribution in [3.8, 4) is 11.1 Å². The summed E-state index contributed by atoms with van der Waals surface area (Å²) < 4.78 is 21.2. The highest BCUT2D eigenvalue weighted by atomic mass is 16.6. The third-order valence-corrected chi connectivity index (χ3v) is 4.91. The maximum Gasteiger partial charge on any atom is 0.407 e. The van der Waals surface area contributed by atoms with Crippen molar-refractivity contribution in [2.24, 2.45) is 0 Å². The molecule has 0 fully saturated rings. The molecule has 1 amide bonds. The molecule has 0 bridgehead atoms. The maximum atomic E-state index is 12.1. The van der Waals surface area contributed by atoms with Crippen LogP contribution in [0, 0.1) is 0 Å². The van der Waals surface area contributed by atoms with Gasteiger partial charge in [0.25, 0.3) is 0 Å². The van der Waals surface area contributed by atoms with E-state index in [1.807, 2.05) is 24.3 Å². The molecule has 0 spiro atoms. The standard InChI is InChI=1S/C24H29NO5/c1-2-27-14-15-29-17-16-28-13-7-12-25-24(26)30-18-23-21-10-5-3-8-19(21)20-9-4-6-11-22(20)23/h2-6,8-11,23H,1,7,12-18H2,(H,25,26). The highest BCUT2D eigenvalue weighted by Gasteiger charge is 2.28. The molecule has 160 valence electrons. The smallest absolute Gasteiger partial charge is 0.407 e. The molecule has 0 aliphatic heterocycles. The summed E-state index contributed by atoms with van der Waals surface area (Å²) in [5.74, 6) is 0.0726. The Morgan fingerprint density at radius 1 is 0.900 bits per heavy atom. The number of benzene rings is 2. The van der Waals surface area contributed by atoms with Crippen LogP contribution >= 0.6 is 0 Å². The van der Waals surface area contributed by atoms with Crippen molar-refractivity contribution in [1.82, 2.24) is 5.32 Å². The molecule has 0 atom stereocenters. The van der Waals surface area contributed by atoms with Gasteiger partial charge < -0.3 is 24.3 Å². The Labute approximate surface area is 177 Å². The maximum absolute atomic E-state index is 12.1. The average molecular weight is 411 g/mol. The van der Waals surface area contributed by atoms with Crippen molar-refractivity contribution in [3.05, 3.63) is 72.5 Å². The first kappa shape index (κ1) is 21.9. The van der Waals surface area contributed by atoms with Gasteiger partial charge in [0.1, 0.15) is 13.2 Å². The van der Waals surface area contributed by atoms with E-state index in [0.717, 1.165) is 0 Å². The minimum atomic E-state index is -0.401. The number of nitrogens with one attached hydrogen (secondary N) is 1. The van der Waals surface area contributed by atoms with Gasteiger partial charge in [-0.1, -0.05) is 55.1 Å². The summed E-state index contributed by atoms with van der Waals surface area (Å²) in [6.07, 6.45) is 1.70. The van der Waals surface area contributed by atoms with E-state index in [2.05, 4.69) is 36.2 Å². The van der Waals surface area contributed by atoms with E-state index >= 15 is 0 Å². The molecule has 0 unspecified atom stereocenters. The molecule has 6 heteroatoms. The normalized spacial score (nSPS) is 12.1. The lowest BCUT2D eigenvalue weighted by Gasteiger charge is -2.14. The number of hydrogen-bond acceptors (Lipinski definition) is 5. The monoisotopic (exact) mass is 411 g/mol. The predicted molar refractivity (Wildman–Crippen MR) is 115 cm³/mol. The molecule has 0 radical (unpaired) electrons. The average Bonchev–Trinajstić information content (AvgIpc) is 3.10. The fraction of sp³-hybridized carbons (Fsp3) is 0.375. The molecule has 2 aromatic rings. The highest BCUT2D eigenvalue weighted by Crippen LogP contribution is 2.44. The zero-order chi connectivity index (χ0) is 21.0. The van der Waals surface area contributed by atoms with Crippen LogP contribution in [0.15, 0.2) is 61.4 Å². The number of rotatable bonds is 13. The molecule has 1 aliphatic carbocycles. The molecule has 0 saturated heterocycles. The summed E-state index contributed by atoms with van der Waals surface area (Å²) in [4.78, 5) is 12.1. The highest BCUT2D eigenvalue weighted by molar-refractivity contribution is 5.79. The molecule has 0 saturated carbocycles. The van der Waals surface area contributed by atoms with Gasteiger partial charge in [-0.2, -0.15) is 0 Å². The van der Waals surface area contributed by atoms with Crippen LogP contribution in [0.3, 0.4) is 0 Å². The van der Waals surface area contributed by atoms with Crippen molar-refractivity contribution in [2.45, 2.75) is 12.3 Å². The molecule has 0 aromatic heterocycles. The van der Waals surface area contributed by atoms with Crippen molar-refractivity contribution >= 4 is 6.09 Å². The zero-order valence-electron chi connectivity index (χ0n) is 17.2. The van der Waals surface area contributed by atoms with Crippen molar-refractivity contribution in [1.29, 1.82) is 0 Å². The van der Waals surface area contributed by atoms with Crippen LogP contribution in [-0.4, -0.2) is 52.3 Å². The van der Waals surface area contributed by atoms with Gasteiger partial charge in [-0.15, -0.1) is 0 Å². The molecule has 3 rings (SSSR count). The van der Waals surface area contributed by atoms with Crippen LogP contribution in [0.1, 0.15) is 23.5 Å². The summed E-state index contributed by atoms with van der Waals surface area (Å²) in [5, 5.41) is 2.78. The zero-order valence-corrected chi connectivity index (χ0v) is 17.2. The first-order chi connectivity index (χ1) is 14.8. The number of carbonyl (C=O) groups is 1. The largest absolute Gasteiger partial charge is 0.499 e. The van der Waals surface area contributed by atoms with Gasteiger partial charge in [0.15, 0.2) is 0 Å². The van der Waals surface area contributed by atoms with E-state index in [1.54, 1.807) is 0 Å². The number of fused-ring (bicyclic) bond motifs is 3. The van der Waals surface area contributed by atoms with Gasteiger partial charge in [-0.05, 0) is 28.7 Å². The van der Waals surface area contributed by atoms with Gasteiger partial charge in [0, 0.05) is 19.1 Å². The fourth-order valence-electron chi connectivity index (χ4n) is 3.53. The second-order valence-corrected chi connectivity index (χ2v) is 6.87. The second-order valence-electron chi connectivity index (χ2n) is 6.87. The Bertz CT molecular complexity index is 777. The number of ether oxygens (including phenoxy) is 4. The number of alkyl carbamates (subject to hydrolysis) is 1. The lowest BCUT2D eigenvalue weighted by molar-refractivity contribution is 0.0301. The minimum Gasteiger partial charge on any atom is -0.499 e. The Balaban J connectivity index is 1.30. The van der Waals surface area contributed by atoms with Gasteiger partial charge in [-0.3, -0.25) is 0 Å². The molecular formula is C24H29NO5. The van der Waals surface area contributed by atoms with E-state index < -0.39 is 6.09 Å². The molecule has 0 heterocycles. The van der Waals surface area contributed by atoms with Crippen molar-refractivity contribution in [3.63, 3.8) is 0 Å².